The fourth-order valence-electron chi connectivity index (χ4n) is 4.60. The maximum Gasteiger partial charge on any atom is 0.255 e. The van der Waals surface area contributed by atoms with Gasteiger partial charge in [-0.15, -0.1) is 0 Å². The van der Waals surface area contributed by atoms with Crippen LogP contribution in [0.5, 0.6) is 0 Å². The smallest absolute Gasteiger partial charge is 0.255 e. The molecule has 0 radical (unpaired) electrons. The van der Waals surface area contributed by atoms with E-state index in [4.69, 9.17) is 4.98 Å². The summed E-state index contributed by atoms with van der Waals surface area (Å²) in [6.45, 7) is 11.3. The summed E-state index contributed by atoms with van der Waals surface area (Å²) >= 11 is 0. The maximum atomic E-state index is 13.3. The SMILES string of the molecule is Cc1cc(C(=O)Nc2cccc(C(C)(C)C#N)c2)cc(Nc2ncnc3cnc(N4CCN(C)CC4)nc23)c1C. The van der Waals surface area contributed by atoms with E-state index in [1.807, 2.05) is 64.1 Å². The Labute approximate surface area is 234 Å². The van der Waals surface area contributed by atoms with E-state index < -0.39 is 5.41 Å². The first-order valence-corrected chi connectivity index (χ1v) is 13.3. The Morgan fingerprint density at radius 3 is 2.58 bits per heavy atom. The van der Waals surface area contributed by atoms with Gasteiger partial charge in [-0.1, -0.05) is 12.1 Å². The number of likely N-dealkylation sites (N-methyl/N-ethyl adjacent to an activating group) is 1. The summed E-state index contributed by atoms with van der Waals surface area (Å²) in [7, 11) is 2.11. The number of anilines is 4. The molecule has 1 amide bonds. The lowest BCUT2D eigenvalue weighted by Gasteiger charge is -2.32. The largest absolute Gasteiger partial charge is 0.338 e. The van der Waals surface area contributed by atoms with Crippen LogP contribution in [0.15, 0.2) is 48.9 Å². The minimum Gasteiger partial charge on any atom is -0.338 e. The fourth-order valence-corrected chi connectivity index (χ4v) is 4.60. The van der Waals surface area contributed by atoms with Gasteiger partial charge in [-0.25, -0.2) is 19.9 Å². The van der Waals surface area contributed by atoms with Crippen molar-refractivity contribution in [2.45, 2.75) is 33.1 Å². The number of nitrogens with zero attached hydrogens (tertiary/aromatic N) is 7. The third-order valence-corrected chi connectivity index (χ3v) is 7.46. The number of carbonyl (C=O) groups excluding carboxylic acids is 1. The second-order valence-corrected chi connectivity index (χ2v) is 10.8. The van der Waals surface area contributed by atoms with E-state index in [1.54, 1.807) is 6.20 Å². The van der Waals surface area contributed by atoms with Crippen molar-refractivity contribution in [1.82, 2.24) is 24.8 Å². The van der Waals surface area contributed by atoms with Crippen LogP contribution in [0.4, 0.5) is 23.1 Å². The van der Waals surface area contributed by atoms with E-state index in [0.717, 1.165) is 48.6 Å². The molecule has 2 N–H and O–H groups in total. The number of carbonyl (C=O) groups is 1. The number of nitrogens with one attached hydrogen (secondary N) is 2. The standard InChI is InChI=1S/C30H33N9O/c1-19-13-21(28(40)35-23-8-6-7-22(15-23)30(3,4)17-31)14-24(20(19)2)36-27-26-25(33-18-34-27)16-32-29(37-26)39-11-9-38(5)10-12-39/h6-8,13-16,18H,9-12H2,1-5H3,(H,35,40)(H,33,34,36). The number of nitriles is 1. The Balaban J connectivity index is 1.43. The summed E-state index contributed by atoms with van der Waals surface area (Å²) in [6, 6.07) is 13.4. The molecule has 2 aromatic heterocycles. The van der Waals surface area contributed by atoms with Gasteiger partial charge in [0.05, 0.1) is 17.7 Å². The summed E-state index contributed by atoms with van der Waals surface area (Å²) in [6.07, 6.45) is 3.21. The number of aromatic nitrogens is 4. The van der Waals surface area contributed by atoms with Crippen molar-refractivity contribution in [1.29, 1.82) is 5.26 Å². The number of aryl methyl sites for hydroxylation is 1. The molecule has 0 spiro atoms. The molecule has 204 valence electrons. The van der Waals surface area contributed by atoms with Crippen LogP contribution in [0.3, 0.4) is 0 Å². The van der Waals surface area contributed by atoms with Crippen LogP contribution in [0.25, 0.3) is 11.0 Å². The molecule has 40 heavy (non-hydrogen) atoms. The summed E-state index contributed by atoms with van der Waals surface area (Å²) in [5.74, 6) is 0.959. The number of hydrogen-bond acceptors (Lipinski definition) is 9. The van der Waals surface area contributed by atoms with Gasteiger partial charge in [-0.05, 0) is 75.7 Å². The van der Waals surface area contributed by atoms with Gasteiger partial charge in [0.15, 0.2) is 5.82 Å². The first-order valence-electron chi connectivity index (χ1n) is 13.3. The zero-order valence-electron chi connectivity index (χ0n) is 23.5. The van der Waals surface area contributed by atoms with E-state index in [0.29, 0.717) is 34.1 Å². The van der Waals surface area contributed by atoms with E-state index in [2.05, 4.69) is 48.5 Å². The molecule has 10 heteroatoms. The van der Waals surface area contributed by atoms with Crippen LogP contribution in [0.2, 0.25) is 0 Å². The predicted octanol–water partition coefficient (Wildman–Crippen LogP) is 4.59. The summed E-state index contributed by atoms with van der Waals surface area (Å²) in [5, 5.41) is 15.9. The van der Waals surface area contributed by atoms with Crippen molar-refractivity contribution >= 4 is 40.1 Å². The number of piperazine rings is 1. The van der Waals surface area contributed by atoms with E-state index >= 15 is 0 Å². The Kier molecular flexibility index (Phi) is 7.32. The molecule has 1 aliphatic rings. The molecule has 0 saturated carbocycles. The molecular formula is C30H33N9O. The van der Waals surface area contributed by atoms with Gasteiger partial charge >= 0.3 is 0 Å². The van der Waals surface area contributed by atoms with Crippen molar-refractivity contribution in [3.63, 3.8) is 0 Å². The molecule has 10 nitrogen and oxygen atoms in total. The number of benzene rings is 2. The van der Waals surface area contributed by atoms with Crippen molar-refractivity contribution < 1.29 is 4.79 Å². The molecule has 0 unspecified atom stereocenters. The van der Waals surface area contributed by atoms with Crippen LogP contribution < -0.4 is 15.5 Å². The molecule has 5 rings (SSSR count). The second kappa shape index (κ2) is 10.9. The minimum absolute atomic E-state index is 0.245. The van der Waals surface area contributed by atoms with Crippen LogP contribution >= 0.6 is 0 Å². The lowest BCUT2D eigenvalue weighted by atomic mass is 9.86. The average Bonchev–Trinajstić information content (AvgIpc) is 2.95. The van der Waals surface area contributed by atoms with Gasteiger partial charge in [-0.3, -0.25) is 4.79 Å². The van der Waals surface area contributed by atoms with Crippen LogP contribution in [-0.2, 0) is 5.41 Å². The van der Waals surface area contributed by atoms with Gasteiger partial charge in [0, 0.05) is 43.1 Å². The summed E-state index contributed by atoms with van der Waals surface area (Å²) in [4.78, 5) is 36.0. The van der Waals surface area contributed by atoms with E-state index in [-0.39, 0.29) is 5.91 Å². The molecule has 1 aliphatic heterocycles. The molecular weight excluding hydrogens is 502 g/mol. The first-order chi connectivity index (χ1) is 19.1. The van der Waals surface area contributed by atoms with Crippen LogP contribution in [-0.4, -0.2) is 64.0 Å². The highest BCUT2D eigenvalue weighted by Gasteiger charge is 2.21. The third-order valence-electron chi connectivity index (χ3n) is 7.46. The monoisotopic (exact) mass is 535 g/mol. The summed E-state index contributed by atoms with van der Waals surface area (Å²) in [5.41, 5.74) is 5.28. The molecule has 0 atom stereocenters. The second-order valence-electron chi connectivity index (χ2n) is 10.8. The minimum atomic E-state index is -0.660. The molecule has 0 bridgehead atoms. The van der Waals surface area contributed by atoms with E-state index in [9.17, 15) is 10.1 Å². The van der Waals surface area contributed by atoms with Gasteiger partial charge in [-0.2, -0.15) is 5.26 Å². The van der Waals surface area contributed by atoms with Gasteiger partial charge < -0.3 is 20.4 Å². The highest BCUT2D eigenvalue weighted by atomic mass is 16.1. The van der Waals surface area contributed by atoms with Crippen LogP contribution in [0, 0.1) is 25.2 Å². The maximum absolute atomic E-state index is 13.3. The normalized spacial score (nSPS) is 14.2. The summed E-state index contributed by atoms with van der Waals surface area (Å²) < 4.78 is 0. The number of fused-ring (bicyclic) bond motifs is 1. The molecule has 3 heterocycles. The highest BCUT2D eigenvalue weighted by Crippen LogP contribution is 2.29. The van der Waals surface area contributed by atoms with Gasteiger partial charge in [0.1, 0.15) is 17.4 Å². The van der Waals surface area contributed by atoms with Gasteiger partial charge in [0.25, 0.3) is 5.91 Å². The number of hydrogen-bond donors (Lipinski definition) is 2. The highest BCUT2D eigenvalue weighted by molar-refractivity contribution is 6.05. The van der Waals surface area contributed by atoms with Gasteiger partial charge in [0.2, 0.25) is 5.95 Å². The first kappa shape index (κ1) is 27.0. The Morgan fingerprint density at radius 1 is 1.05 bits per heavy atom. The Hall–Kier alpha value is -4.62. The number of rotatable bonds is 6. The zero-order chi connectivity index (χ0) is 28.4. The van der Waals surface area contributed by atoms with E-state index in [1.165, 1.54) is 6.33 Å². The molecule has 0 aliphatic carbocycles. The average molecular weight is 536 g/mol. The molecule has 2 aromatic carbocycles. The molecule has 1 saturated heterocycles. The van der Waals surface area contributed by atoms with Crippen molar-refractivity contribution in [2.24, 2.45) is 0 Å². The van der Waals surface area contributed by atoms with Crippen molar-refractivity contribution in [2.75, 3.05) is 48.8 Å². The van der Waals surface area contributed by atoms with Crippen LogP contribution in [0.1, 0.15) is 40.9 Å². The van der Waals surface area contributed by atoms with Crippen molar-refractivity contribution in [3.05, 3.63) is 71.2 Å². The molecule has 4 aromatic rings. The predicted molar refractivity (Wildman–Crippen MR) is 157 cm³/mol. The zero-order valence-corrected chi connectivity index (χ0v) is 23.5. The quantitative estimate of drug-likeness (QED) is 0.365. The fraction of sp³-hybridized carbons (Fsp3) is 0.333. The number of amides is 1. The van der Waals surface area contributed by atoms with Crippen molar-refractivity contribution in [3.8, 4) is 6.07 Å². The lowest BCUT2D eigenvalue weighted by Crippen LogP contribution is -2.45. The third kappa shape index (κ3) is 5.55. The lowest BCUT2D eigenvalue weighted by molar-refractivity contribution is 0.102. The molecule has 1 fully saturated rings. The Morgan fingerprint density at radius 2 is 1.82 bits per heavy atom. The Bertz CT molecular complexity index is 1620. The topological polar surface area (TPSA) is 123 Å².